The van der Waals surface area contributed by atoms with Gasteiger partial charge in [-0.2, -0.15) is 0 Å². The molecule has 0 saturated carbocycles. The molecule has 6 aromatic rings. The molecule has 0 spiro atoms. The summed E-state index contributed by atoms with van der Waals surface area (Å²) in [4.78, 5) is 13.3. The third-order valence-electron chi connectivity index (χ3n) is 10.6. The smallest absolute Gasteiger partial charge is 0.145 e. The number of rotatable bonds is 8. The summed E-state index contributed by atoms with van der Waals surface area (Å²) in [6, 6.07) is 43.8. The summed E-state index contributed by atoms with van der Waals surface area (Å²) in [7, 11) is 0. The molecule has 2 atom stereocenters. The standard InChI is InChI=1S/C46H42O2/c1-5-33-34(6-2)36(8-4)42-41(35(33)7-3)45-43-39(31-25-17-11-18-26-31)37(29-21-13-9-14-22-29)38(30-23-15-10-16-24-30)40(32-27-19-12-20-28-32)44(43)46(42)48-47-45/h9-28,45-46H,5-8H2,1-4H3. The van der Waals surface area contributed by atoms with Crippen molar-refractivity contribution in [3.8, 4) is 44.5 Å². The van der Waals surface area contributed by atoms with Crippen molar-refractivity contribution >= 4 is 0 Å². The summed E-state index contributed by atoms with van der Waals surface area (Å²) < 4.78 is 0. The van der Waals surface area contributed by atoms with Crippen molar-refractivity contribution in [2.45, 2.75) is 65.6 Å². The first kappa shape index (κ1) is 30.6. The molecule has 0 aromatic heterocycles. The van der Waals surface area contributed by atoms with E-state index in [1.807, 2.05) is 0 Å². The van der Waals surface area contributed by atoms with Gasteiger partial charge in [-0.15, -0.1) is 0 Å². The maximum Gasteiger partial charge on any atom is 0.145 e. The Morgan fingerprint density at radius 2 is 0.604 bits per heavy atom. The summed E-state index contributed by atoms with van der Waals surface area (Å²) in [5, 5.41) is 0. The van der Waals surface area contributed by atoms with Gasteiger partial charge in [-0.05, 0) is 104 Å². The van der Waals surface area contributed by atoms with Crippen LogP contribution in [0.3, 0.4) is 0 Å². The summed E-state index contributed by atoms with van der Waals surface area (Å²) in [5.74, 6) is 0. The molecule has 0 saturated heterocycles. The first-order valence-electron chi connectivity index (χ1n) is 17.7. The molecule has 2 heterocycles. The maximum absolute atomic E-state index is 6.63. The largest absolute Gasteiger partial charge is 0.223 e. The molecule has 0 N–H and O–H groups in total. The van der Waals surface area contributed by atoms with Crippen LogP contribution in [0.1, 0.15) is 84.4 Å². The second kappa shape index (κ2) is 12.7. The molecule has 0 amide bonds. The molecule has 9 rings (SSSR count). The van der Waals surface area contributed by atoms with Crippen molar-refractivity contribution in [3.05, 3.63) is 166 Å². The minimum atomic E-state index is -0.346. The highest BCUT2D eigenvalue weighted by Gasteiger charge is 2.48. The van der Waals surface area contributed by atoms with Crippen LogP contribution in [0.5, 0.6) is 0 Å². The van der Waals surface area contributed by atoms with Gasteiger partial charge in [0, 0.05) is 11.1 Å². The number of hydrogen-bond donors (Lipinski definition) is 0. The molecule has 238 valence electrons. The Morgan fingerprint density at radius 1 is 0.333 bits per heavy atom. The molecule has 2 aliphatic heterocycles. The Hall–Kier alpha value is -4.76. The lowest BCUT2D eigenvalue weighted by Crippen LogP contribution is -2.34. The average molecular weight is 627 g/mol. The Labute approximate surface area is 285 Å². The monoisotopic (exact) mass is 626 g/mol. The highest BCUT2D eigenvalue weighted by atomic mass is 17.2. The predicted octanol–water partition coefficient (Wildman–Crippen LogP) is 12.1. The van der Waals surface area contributed by atoms with Gasteiger partial charge in [0.05, 0.1) is 0 Å². The first-order chi connectivity index (χ1) is 23.7. The fourth-order valence-corrected chi connectivity index (χ4v) is 8.80. The second-order valence-electron chi connectivity index (χ2n) is 12.9. The van der Waals surface area contributed by atoms with E-state index >= 15 is 0 Å². The molecule has 2 heteroatoms. The third-order valence-corrected chi connectivity index (χ3v) is 10.6. The molecule has 0 radical (unpaired) electrons. The van der Waals surface area contributed by atoms with Crippen LogP contribution >= 0.6 is 0 Å². The predicted molar refractivity (Wildman–Crippen MR) is 198 cm³/mol. The van der Waals surface area contributed by atoms with Gasteiger partial charge in [-0.3, -0.25) is 0 Å². The van der Waals surface area contributed by atoms with Crippen molar-refractivity contribution in [1.29, 1.82) is 0 Å². The van der Waals surface area contributed by atoms with Gasteiger partial charge in [0.2, 0.25) is 0 Å². The number of hydrogen-bond acceptors (Lipinski definition) is 2. The van der Waals surface area contributed by atoms with E-state index in [1.54, 1.807) is 0 Å². The van der Waals surface area contributed by atoms with Crippen LogP contribution in [0.2, 0.25) is 0 Å². The molecule has 3 aliphatic rings. The van der Waals surface area contributed by atoms with Crippen LogP contribution in [0.4, 0.5) is 0 Å². The van der Waals surface area contributed by atoms with Crippen molar-refractivity contribution in [2.24, 2.45) is 0 Å². The summed E-state index contributed by atoms with van der Waals surface area (Å²) in [6.45, 7) is 9.25. The van der Waals surface area contributed by atoms with Crippen LogP contribution < -0.4 is 0 Å². The highest BCUT2D eigenvalue weighted by molar-refractivity contribution is 6.05. The molecule has 2 nitrogen and oxygen atoms in total. The second-order valence-corrected chi connectivity index (χ2v) is 12.9. The Kier molecular flexibility index (Phi) is 8.08. The molecule has 1 aliphatic carbocycles. The van der Waals surface area contributed by atoms with Gasteiger partial charge in [-0.25, -0.2) is 9.78 Å². The minimum Gasteiger partial charge on any atom is -0.223 e. The molecular formula is C46H42O2. The molecule has 2 unspecified atom stereocenters. The van der Waals surface area contributed by atoms with Crippen LogP contribution in [0.15, 0.2) is 121 Å². The van der Waals surface area contributed by atoms with Gasteiger partial charge in [-0.1, -0.05) is 149 Å². The zero-order valence-electron chi connectivity index (χ0n) is 28.3. The lowest BCUT2D eigenvalue weighted by Gasteiger charge is -2.45. The lowest BCUT2D eigenvalue weighted by molar-refractivity contribution is -0.360. The van der Waals surface area contributed by atoms with Gasteiger partial charge in [0.25, 0.3) is 0 Å². The fraction of sp³-hybridized carbons (Fsp3) is 0.217. The van der Waals surface area contributed by atoms with Crippen molar-refractivity contribution in [2.75, 3.05) is 0 Å². The topological polar surface area (TPSA) is 18.5 Å². The quantitative estimate of drug-likeness (QED) is 0.157. The van der Waals surface area contributed by atoms with E-state index in [0.29, 0.717) is 0 Å². The molecule has 48 heavy (non-hydrogen) atoms. The minimum absolute atomic E-state index is 0.346. The zero-order valence-corrected chi connectivity index (χ0v) is 28.3. The van der Waals surface area contributed by atoms with E-state index in [4.69, 9.17) is 9.78 Å². The molecule has 2 bridgehead atoms. The highest BCUT2D eigenvalue weighted by Crippen LogP contribution is 2.62. The third kappa shape index (κ3) is 4.62. The van der Waals surface area contributed by atoms with Gasteiger partial charge in [0.1, 0.15) is 12.2 Å². The lowest BCUT2D eigenvalue weighted by atomic mass is 9.66. The van der Waals surface area contributed by atoms with Crippen molar-refractivity contribution < 1.29 is 9.78 Å². The molecule has 6 aromatic carbocycles. The van der Waals surface area contributed by atoms with Crippen molar-refractivity contribution in [3.63, 3.8) is 0 Å². The summed E-state index contributed by atoms with van der Waals surface area (Å²) >= 11 is 0. The summed E-state index contributed by atoms with van der Waals surface area (Å²) in [6.07, 6.45) is 3.26. The fourth-order valence-electron chi connectivity index (χ4n) is 8.80. The van der Waals surface area contributed by atoms with Crippen molar-refractivity contribution in [1.82, 2.24) is 0 Å². The van der Waals surface area contributed by atoms with E-state index in [9.17, 15) is 0 Å². The number of benzene rings is 6. The van der Waals surface area contributed by atoms with E-state index in [1.165, 1.54) is 89.0 Å². The van der Waals surface area contributed by atoms with Crippen LogP contribution in [-0.4, -0.2) is 0 Å². The zero-order chi connectivity index (χ0) is 32.8. The summed E-state index contributed by atoms with van der Waals surface area (Å²) in [5.41, 5.74) is 20.8. The van der Waals surface area contributed by atoms with Gasteiger partial charge < -0.3 is 0 Å². The van der Waals surface area contributed by atoms with E-state index in [0.717, 1.165) is 25.7 Å². The van der Waals surface area contributed by atoms with Gasteiger partial charge >= 0.3 is 0 Å². The average Bonchev–Trinajstić information content (AvgIpc) is 3.17. The van der Waals surface area contributed by atoms with Crippen LogP contribution in [0.25, 0.3) is 44.5 Å². The molecular weight excluding hydrogens is 585 g/mol. The van der Waals surface area contributed by atoms with Gasteiger partial charge in [0.15, 0.2) is 0 Å². The normalized spacial score (nSPS) is 16.1. The Balaban J connectivity index is 1.63. The maximum atomic E-state index is 6.63. The Morgan fingerprint density at radius 3 is 0.875 bits per heavy atom. The SMILES string of the molecule is CCc1c(CC)c(CC)c2c(c1CC)C1OOC2c2c(-c3ccccc3)c(-c3ccccc3)c(-c3ccccc3)c(-c3ccccc3)c21. The molecule has 0 fully saturated rings. The van der Waals surface area contributed by atoms with E-state index in [2.05, 4.69) is 149 Å². The van der Waals surface area contributed by atoms with Crippen LogP contribution in [0, 0.1) is 0 Å². The first-order valence-corrected chi connectivity index (χ1v) is 17.7. The van der Waals surface area contributed by atoms with Crippen LogP contribution in [-0.2, 0) is 35.5 Å². The van der Waals surface area contributed by atoms with E-state index in [-0.39, 0.29) is 12.2 Å². The number of fused-ring (bicyclic) bond motifs is 1. The Bertz CT molecular complexity index is 1950. The van der Waals surface area contributed by atoms with E-state index < -0.39 is 0 Å².